The Morgan fingerprint density at radius 2 is 2.04 bits per heavy atom. The van der Waals surface area contributed by atoms with Crippen LogP contribution in [0.1, 0.15) is 10.4 Å². The zero-order valence-corrected chi connectivity index (χ0v) is 15.1. The van der Waals surface area contributed by atoms with Gasteiger partial charge in [-0.1, -0.05) is 35.0 Å². The van der Waals surface area contributed by atoms with Gasteiger partial charge in [-0.25, -0.2) is 4.98 Å². The van der Waals surface area contributed by atoms with E-state index in [1.165, 1.54) is 11.3 Å². The number of carbonyl (C=O) groups excluding carboxylic acids is 1. The number of hydrogen-bond acceptors (Lipinski definition) is 4. The molecule has 2 aromatic heterocycles. The molecule has 0 atom stereocenters. The lowest BCUT2D eigenvalue weighted by Crippen LogP contribution is -2.11. The quantitative estimate of drug-likeness (QED) is 0.673. The topological polar surface area (TPSA) is 46.9 Å². The number of aryl methyl sites for hydroxylation is 1. The third-order valence-electron chi connectivity index (χ3n) is 3.00. The zero-order valence-electron chi connectivity index (χ0n) is 11.9. The Kier molecular flexibility index (Phi) is 4.96. The number of rotatable bonds is 4. The lowest BCUT2D eigenvalue weighted by Gasteiger charge is -2.06. The molecule has 0 spiro atoms. The van der Waals surface area contributed by atoms with E-state index in [2.05, 4.69) is 10.3 Å². The first kappa shape index (κ1) is 16.4. The lowest BCUT2D eigenvalue weighted by atomic mass is 10.3. The fourth-order valence-electron chi connectivity index (χ4n) is 1.86. The molecule has 1 amide bonds. The molecular formula is C15H11Cl2N3OS2. The minimum atomic E-state index is -0.275. The van der Waals surface area contributed by atoms with Crippen molar-refractivity contribution in [3.8, 4) is 0 Å². The van der Waals surface area contributed by atoms with Crippen LogP contribution in [0.25, 0.3) is 0 Å². The molecule has 3 aromatic rings. The van der Waals surface area contributed by atoms with Crippen LogP contribution in [0.5, 0.6) is 0 Å². The van der Waals surface area contributed by atoms with Crippen molar-refractivity contribution in [3.63, 3.8) is 0 Å². The Morgan fingerprint density at radius 3 is 2.61 bits per heavy atom. The third kappa shape index (κ3) is 3.90. The highest BCUT2D eigenvalue weighted by Crippen LogP contribution is 2.32. The number of nitrogens with one attached hydrogen (secondary N) is 1. The van der Waals surface area contributed by atoms with E-state index in [0.29, 0.717) is 19.9 Å². The van der Waals surface area contributed by atoms with E-state index in [4.69, 9.17) is 23.2 Å². The van der Waals surface area contributed by atoms with Gasteiger partial charge in [0.05, 0.1) is 9.90 Å². The molecule has 0 unspecified atom stereocenters. The van der Waals surface area contributed by atoms with Crippen LogP contribution < -0.4 is 5.32 Å². The number of imidazole rings is 1. The van der Waals surface area contributed by atoms with Crippen molar-refractivity contribution in [1.29, 1.82) is 0 Å². The van der Waals surface area contributed by atoms with Gasteiger partial charge in [0.1, 0.15) is 4.34 Å². The van der Waals surface area contributed by atoms with Gasteiger partial charge in [0.25, 0.3) is 5.91 Å². The summed E-state index contributed by atoms with van der Waals surface area (Å²) < 4.78 is 2.82. The van der Waals surface area contributed by atoms with Crippen molar-refractivity contribution in [3.05, 3.63) is 57.0 Å². The summed E-state index contributed by atoms with van der Waals surface area (Å²) in [5.41, 5.74) is 1.07. The van der Waals surface area contributed by atoms with Crippen molar-refractivity contribution in [2.75, 3.05) is 5.32 Å². The molecule has 0 saturated heterocycles. The van der Waals surface area contributed by atoms with Gasteiger partial charge in [-0.2, -0.15) is 0 Å². The number of thiophene rings is 1. The second kappa shape index (κ2) is 6.97. The maximum absolute atomic E-state index is 12.2. The van der Waals surface area contributed by atoms with Gasteiger partial charge in [-0.3, -0.25) is 4.79 Å². The third-order valence-corrected chi connectivity index (χ3v) is 5.57. The van der Waals surface area contributed by atoms with Gasteiger partial charge in [-0.05, 0) is 30.3 Å². The predicted molar refractivity (Wildman–Crippen MR) is 96.1 cm³/mol. The van der Waals surface area contributed by atoms with E-state index < -0.39 is 0 Å². The first-order valence-corrected chi connectivity index (χ1v) is 8.93. The van der Waals surface area contributed by atoms with Crippen molar-refractivity contribution >= 4 is 57.9 Å². The lowest BCUT2D eigenvalue weighted by molar-refractivity contribution is 0.102. The number of aromatic nitrogens is 2. The molecule has 1 N–H and O–H groups in total. The van der Waals surface area contributed by atoms with Gasteiger partial charge in [-0.15, -0.1) is 11.3 Å². The summed E-state index contributed by atoms with van der Waals surface area (Å²) in [6.45, 7) is 0. The van der Waals surface area contributed by atoms with Gasteiger partial charge >= 0.3 is 0 Å². The van der Waals surface area contributed by atoms with Gasteiger partial charge in [0.15, 0.2) is 5.16 Å². The molecule has 2 heterocycles. The van der Waals surface area contributed by atoms with Crippen LogP contribution in [0, 0.1) is 0 Å². The fourth-order valence-corrected chi connectivity index (χ4v) is 4.12. The standard InChI is InChI=1S/C15H11Cl2N3OS2/c1-20-7-6-18-15(20)22-10-4-2-9(3-5-10)19-14(21)11-8-12(16)23-13(11)17/h2-8H,1H3,(H,19,21). The van der Waals surface area contributed by atoms with E-state index in [1.54, 1.807) is 24.0 Å². The zero-order chi connectivity index (χ0) is 16.4. The molecule has 0 radical (unpaired) electrons. The highest BCUT2D eigenvalue weighted by molar-refractivity contribution is 7.99. The summed E-state index contributed by atoms with van der Waals surface area (Å²) >= 11 is 14.6. The van der Waals surface area contributed by atoms with E-state index in [9.17, 15) is 4.79 Å². The molecule has 0 saturated carbocycles. The number of anilines is 1. The minimum absolute atomic E-state index is 0.275. The molecule has 0 aliphatic heterocycles. The second-order valence-corrected chi connectivity index (χ2v) is 7.97. The first-order chi connectivity index (χ1) is 11.0. The normalized spacial score (nSPS) is 10.7. The summed E-state index contributed by atoms with van der Waals surface area (Å²) in [6.07, 6.45) is 3.65. The molecule has 1 aromatic carbocycles. The van der Waals surface area contributed by atoms with Crippen molar-refractivity contribution in [1.82, 2.24) is 9.55 Å². The monoisotopic (exact) mass is 383 g/mol. The van der Waals surface area contributed by atoms with Crippen LogP contribution in [0.15, 0.2) is 52.8 Å². The molecule has 0 bridgehead atoms. The SMILES string of the molecule is Cn1ccnc1Sc1ccc(NC(=O)c2cc(Cl)sc2Cl)cc1. The van der Waals surface area contributed by atoms with Crippen LogP contribution >= 0.6 is 46.3 Å². The molecule has 4 nitrogen and oxygen atoms in total. The van der Waals surface area contributed by atoms with Crippen LogP contribution in [-0.2, 0) is 7.05 Å². The number of nitrogens with zero attached hydrogens (tertiary/aromatic N) is 2. The summed E-state index contributed by atoms with van der Waals surface area (Å²) in [4.78, 5) is 17.5. The minimum Gasteiger partial charge on any atom is -0.329 e. The molecular weight excluding hydrogens is 373 g/mol. The summed E-state index contributed by atoms with van der Waals surface area (Å²) in [6, 6.07) is 9.10. The van der Waals surface area contributed by atoms with Gasteiger partial charge in [0.2, 0.25) is 0 Å². The Hall–Kier alpha value is -1.47. The molecule has 8 heteroatoms. The number of benzene rings is 1. The maximum Gasteiger partial charge on any atom is 0.258 e. The second-order valence-electron chi connectivity index (χ2n) is 4.64. The average Bonchev–Trinajstić information content (AvgIpc) is 3.07. The van der Waals surface area contributed by atoms with Crippen molar-refractivity contribution < 1.29 is 4.79 Å². The van der Waals surface area contributed by atoms with E-state index in [1.807, 2.05) is 42.1 Å². The highest BCUT2D eigenvalue weighted by Gasteiger charge is 2.14. The smallest absolute Gasteiger partial charge is 0.258 e. The van der Waals surface area contributed by atoms with Gasteiger partial charge in [0, 0.05) is 30.0 Å². The summed E-state index contributed by atoms with van der Waals surface area (Å²) in [5, 5.41) is 3.71. The Labute approximate surface area is 151 Å². The summed E-state index contributed by atoms with van der Waals surface area (Å²) in [5.74, 6) is -0.275. The number of carbonyl (C=O) groups is 1. The maximum atomic E-state index is 12.2. The summed E-state index contributed by atoms with van der Waals surface area (Å²) in [7, 11) is 1.94. The molecule has 0 aliphatic carbocycles. The van der Waals surface area contributed by atoms with Crippen molar-refractivity contribution in [2.24, 2.45) is 7.05 Å². The average molecular weight is 384 g/mol. The van der Waals surface area contributed by atoms with Crippen LogP contribution in [0.4, 0.5) is 5.69 Å². The van der Waals surface area contributed by atoms with E-state index in [-0.39, 0.29) is 5.91 Å². The Balaban J connectivity index is 1.69. The fraction of sp³-hybridized carbons (Fsp3) is 0.0667. The number of hydrogen-bond donors (Lipinski definition) is 1. The van der Waals surface area contributed by atoms with Crippen LogP contribution in [0.3, 0.4) is 0 Å². The van der Waals surface area contributed by atoms with Crippen LogP contribution in [-0.4, -0.2) is 15.5 Å². The van der Waals surface area contributed by atoms with E-state index in [0.717, 1.165) is 10.1 Å². The number of halogens is 2. The first-order valence-electron chi connectivity index (χ1n) is 6.54. The van der Waals surface area contributed by atoms with Crippen molar-refractivity contribution in [2.45, 2.75) is 10.1 Å². The van der Waals surface area contributed by atoms with E-state index >= 15 is 0 Å². The molecule has 3 rings (SSSR count). The molecule has 0 fully saturated rings. The Bertz CT molecular complexity index is 843. The highest BCUT2D eigenvalue weighted by atomic mass is 35.5. The molecule has 23 heavy (non-hydrogen) atoms. The predicted octanol–water partition coefficient (Wildman–Crippen LogP) is 5.19. The molecule has 118 valence electrons. The number of amides is 1. The van der Waals surface area contributed by atoms with Crippen LogP contribution in [0.2, 0.25) is 8.67 Å². The van der Waals surface area contributed by atoms with Gasteiger partial charge < -0.3 is 9.88 Å². The Morgan fingerprint density at radius 1 is 1.30 bits per heavy atom. The largest absolute Gasteiger partial charge is 0.329 e. The molecule has 0 aliphatic rings.